The minimum absolute atomic E-state index is 0.0544. The van der Waals surface area contributed by atoms with Crippen molar-refractivity contribution in [1.29, 1.82) is 0 Å². The van der Waals surface area contributed by atoms with Gasteiger partial charge >= 0.3 is 0 Å². The van der Waals surface area contributed by atoms with Crippen LogP contribution in [0.4, 0.5) is 10.1 Å². The van der Waals surface area contributed by atoms with Gasteiger partial charge in [-0.15, -0.1) is 0 Å². The van der Waals surface area contributed by atoms with E-state index >= 15 is 0 Å². The molecule has 7 nitrogen and oxygen atoms in total. The summed E-state index contributed by atoms with van der Waals surface area (Å²) in [5, 5.41) is 2.48. The number of carbonyl (C=O) groups is 1. The van der Waals surface area contributed by atoms with Gasteiger partial charge in [0, 0.05) is 4.47 Å². The quantitative estimate of drug-likeness (QED) is 0.371. The van der Waals surface area contributed by atoms with Gasteiger partial charge in [-0.05, 0) is 42.3 Å². The average molecular weight is 535 g/mol. The smallest absolute Gasteiger partial charge is 0.243 e. The van der Waals surface area contributed by atoms with Crippen LogP contribution in [-0.4, -0.2) is 29.1 Å². The molecular formula is C21H16BrFN4O3S2. The number of hydrogen-bond acceptors (Lipinski definition) is 6. The van der Waals surface area contributed by atoms with E-state index in [0.717, 1.165) is 17.3 Å². The van der Waals surface area contributed by atoms with E-state index in [1.54, 1.807) is 42.5 Å². The normalized spacial score (nSPS) is 12.6. The Morgan fingerprint density at radius 2 is 1.84 bits per heavy atom. The zero-order chi connectivity index (χ0) is 22.7. The number of fused-ring (bicyclic) bond motifs is 1. The number of aromatic nitrogens is 2. The van der Waals surface area contributed by atoms with E-state index in [9.17, 15) is 17.6 Å². The minimum atomic E-state index is -4.14. The van der Waals surface area contributed by atoms with Crippen molar-refractivity contribution in [3.05, 3.63) is 82.6 Å². The van der Waals surface area contributed by atoms with Crippen molar-refractivity contribution < 1.29 is 17.6 Å². The molecule has 2 N–H and O–H groups in total. The largest absolute Gasteiger partial charge is 0.322 e. The number of amides is 1. The van der Waals surface area contributed by atoms with Crippen LogP contribution >= 0.6 is 27.7 Å². The Balaban J connectivity index is 1.66. The topological polar surface area (TPSA) is 101 Å². The van der Waals surface area contributed by atoms with Crippen molar-refractivity contribution in [1.82, 2.24) is 13.5 Å². The molecule has 1 atom stereocenters. The highest BCUT2D eigenvalue weighted by molar-refractivity contribution is 9.10. The van der Waals surface area contributed by atoms with Gasteiger partial charge in [-0.3, -0.25) is 4.79 Å². The summed E-state index contributed by atoms with van der Waals surface area (Å²) in [7, 11) is -4.14. The van der Waals surface area contributed by atoms with Gasteiger partial charge in [0.1, 0.15) is 27.8 Å². The summed E-state index contributed by atoms with van der Waals surface area (Å²) < 4.78 is 51.7. The zero-order valence-corrected chi connectivity index (χ0v) is 19.5. The summed E-state index contributed by atoms with van der Waals surface area (Å²) >= 11 is 4.06. The third kappa shape index (κ3) is 5.01. The summed E-state index contributed by atoms with van der Waals surface area (Å²) in [4.78, 5) is 13.0. The molecular weight excluding hydrogens is 519 g/mol. The van der Waals surface area contributed by atoms with E-state index in [2.05, 4.69) is 34.7 Å². The molecule has 32 heavy (non-hydrogen) atoms. The molecule has 0 fully saturated rings. The number of halogens is 2. The maximum Gasteiger partial charge on any atom is 0.243 e. The first-order chi connectivity index (χ1) is 15.3. The van der Waals surface area contributed by atoms with E-state index in [0.29, 0.717) is 9.99 Å². The van der Waals surface area contributed by atoms with Gasteiger partial charge in [0.2, 0.25) is 15.9 Å². The van der Waals surface area contributed by atoms with Crippen molar-refractivity contribution in [2.24, 2.45) is 0 Å². The third-order valence-electron chi connectivity index (χ3n) is 4.62. The molecule has 0 bridgehead atoms. The van der Waals surface area contributed by atoms with Crippen LogP contribution in [-0.2, 0) is 21.2 Å². The Bertz CT molecular complexity index is 1380. The maximum atomic E-state index is 14.2. The summed E-state index contributed by atoms with van der Waals surface area (Å²) in [6.07, 6.45) is 0.0648. The van der Waals surface area contributed by atoms with Crippen molar-refractivity contribution >= 4 is 60.3 Å². The molecule has 1 heterocycles. The number of hydrogen-bond donors (Lipinski definition) is 2. The number of anilines is 1. The van der Waals surface area contributed by atoms with Crippen LogP contribution in [0.5, 0.6) is 0 Å². The fourth-order valence-electron chi connectivity index (χ4n) is 3.10. The van der Waals surface area contributed by atoms with E-state index in [4.69, 9.17) is 0 Å². The second-order valence-electron chi connectivity index (χ2n) is 6.87. The molecule has 4 aromatic rings. The van der Waals surface area contributed by atoms with Crippen LogP contribution in [0.1, 0.15) is 5.56 Å². The molecule has 1 aromatic heterocycles. The van der Waals surface area contributed by atoms with Gasteiger partial charge in [0.25, 0.3) is 0 Å². The predicted molar refractivity (Wildman–Crippen MR) is 124 cm³/mol. The molecule has 1 amide bonds. The number of benzene rings is 3. The lowest BCUT2D eigenvalue weighted by molar-refractivity contribution is -0.117. The standard InChI is InChI=1S/C21H16BrFN4O3S2/c22-14-9-10-16(15(23)12-14)24-21(28)18(11-13-5-2-1-3-6-13)27-32(29,30)19-8-4-7-17-20(19)26-31-25-17/h1-10,12,18,27H,11H2,(H,24,28)/t18-/m0/s1. The Morgan fingerprint density at radius 3 is 2.59 bits per heavy atom. The average Bonchev–Trinajstić information content (AvgIpc) is 3.24. The number of carbonyl (C=O) groups excluding carboxylic acids is 1. The Kier molecular flexibility index (Phi) is 6.60. The molecule has 0 saturated heterocycles. The van der Waals surface area contributed by atoms with Gasteiger partial charge in [0.15, 0.2) is 0 Å². The second-order valence-corrected chi connectivity index (χ2v) is 9.99. The number of nitrogens with zero attached hydrogens (tertiary/aromatic N) is 2. The van der Waals surface area contributed by atoms with Crippen LogP contribution < -0.4 is 10.0 Å². The first kappa shape index (κ1) is 22.5. The van der Waals surface area contributed by atoms with Gasteiger partial charge in [0.05, 0.1) is 17.4 Å². The van der Waals surface area contributed by atoms with Crippen LogP contribution in [0.2, 0.25) is 0 Å². The molecule has 0 aliphatic carbocycles. The molecule has 4 rings (SSSR count). The zero-order valence-electron chi connectivity index (χ0n) is 16.3. The van der Waals surface area contributed by atoms with Crippen molar-refractivity contribution in [2.45, 2.75) is 17.4 Å². The molecule has 0 saturated carbocycles. The molecule has 0 spiro atoms. The van der Waals surface area contributed by atoms with Gasteiger partial charge in [-0.2, -0.15) is 13.5 Å². The summed E-state index contributed by atoms with van der Waals surface area (Å²) in [6, 6.07) is 16.5. The van der Waals surface area contributed by atoms with E-state index in [-0.39, 0.29) is 22.5 Å². The fourth-order valence-corrected chi connectivity index (χ4v) is 5.39. The lowest BCUT2D eigenvalue weighted by atomic mass is 10.1. The van der Waals surface area contributed by atoms with Gasteiger partial charge in [-0.25, -0.2) is 12.8 Å². The predicted octanol–water partition coefficient (Wildman–Crippen LogP) is 4.12. The van der Waals surface area contributed by atoms with Crippen molar-refractivity contribution in [2.75, 3.05) is 5.32 Å². The van der Waals surface area contributed by atoms with Crippen LogP contribution in [0, 0.1) is 5.82 Å². The minimum Gasteiger partial charge on any atom is -0.322 e. The first-order valence-electron chi connectivity index (χ1n) is 9.37. The fraction of sp³-hybridized carbons (Fsp3) is 0.0952. The van der Waals surface area contributed by atoms with Crippen LogP contribution in [0.3, 0.4) is 0 Å². The maximum absolute atomic E-state index is 14.2. The number of nitrogens with one attached hydrogen (secondary N) is 2. The van der Waals surface area contributed by atoms with Gasteiger partial charge < -0.3 is 5.32 Å². The Hall–Kier alpha value is -2.73. The Morgan fingerprint density at radius 1 is 1.06 bits per heavy atom. The molecule has 0 unspecified atom stereocenters. The summed E-state index contributed by atoms with van der Waals surface area (Å²) in [5.74, 6) is -1.34. The van der Waals surface area contributed by atoms with Crippen LogP contribution in [0.25, 0.3) is 11.0 Å². The second kappa shape index (κ2) is 9.41. The van der Waals surface area contributed by atoms with E-state index in [1.165, 1.54) is 18.2 Å². The lowest BCUT2D eigenvalue weighted by Gasteiger charge is -2.19. The Labute approximate surface area is 196 Å². The third-order valence-corrected chi connectivity index (χ3v) is 7.16. The first-order valence-corrected chi connectivity index (χ1v) is 12.4. The van der Waals surface area contributed by atoms with Crippen LogP contribution in [0.15, 0.2) is 76.1 Å². The molecule has 0 radical (unpaired) electrons. The molecule has 11 heteroatoms. The monoisotopic (exact) mass is 534 g/mol. The molecule has 0 aliphatic rings. The van der Waals surface area contributed by atoms with Gasteiger partial charge in [-0.1, -0.05) is 52.3 Å². The highest BCUT2D eigenvalue weighted by Gasteiger charge is 2.28. The van der Waals surface area contributed by atoms with E-state index in [1.807, 2.05) is 6.07 Å². The van der Waals surface area contributed by atoms with Crippen molar-refractivity contribution in [3.8, 4) is 0 Å². The highest BCUT2D eigenvalue weighted by Crippen LogP contribution is 2.23. The number of rotatable bonds is 7. The van der Waals surface area contributed by atoms with Crippen molar-refractivity contribution in [3.63, 3.8) is 0 Å². The summed E-state index contributed by atoms with van der Waals surface area (Å²) in [5.41, 5.74) is 1.35. The SMILES string of the molecule is O=C(Nc1ccc(Br)cc1F)[C@H](Cc1ccccc1)NS(=O)(=O)c1cccc2nsnc12. The highest BCUT2D eigenvalue weighted by atomic mass is 79.9. The molecule has 3 aromatic carbocycles. The number of sulfonamides is 1. The molecule has 0 aliphatic heterocycles. The van der Waals surface area contributed by atoms with E-state index < -0.39 is 27.8 Å². The summed E-state index contributed by atoms with van der Waals surface area (Å²) in [6.45, 7) is 0. The molecule has 164 valence electrons. The lowest BCUT2D eigenvalue weighted by Crippen LogP contribution is -2.45.